The fourth-order valence-corrected chi connectivity index (χ4v) is 1.55. The highest BCUT2D eigenvalue weighted by Crippen LogP contribution is 2.33. The van der Waals surface area contributed by atoms with E-state index < -0.39 is 0 Å². The predicted molar refractivity (Wildman–Crippen MR) is 50.8 cm³/mol. The molecule has 0 atom stereocenters. The Kier molecular flexibility index (Phi) is 2.00. The van der Waals surface area contributed by atoms with E-state index in [1.54, 1.807) is 4.57 Å². The molecular weight excluding hydrogens is 172 g/mol. The van der Waals surface area contributed by atoms with Crippen LogP contribution in [0.4, 0.5) is 0 Å². The van der Waals surface area contributed by atoms with Gasteiger partial charge in [-0.2, -0.15) is 12.6 Å². The molecule has 2 rings (SSSR count). The number of hydrogen-bond acceptors (Lipinski definition) is 2. The highest BCUT2D eigenvalue weighted by Gasteiger charge is 2.25. The fourth-order valence-electron chi connectivity index (χ4n) is 1.34. The summed E-state index contributed by atoms with van der Waals surface area (Å²) in [7, 11) is 0. The Morgan fingerprint density at radius 3 is 2.83 bits per heavy atom. The van der Waals surface area contributed by atoms with Crippen molar-refractivity contribution in [2.75, 3.05) is 5.75 Å². The van der Waals surface area contributed by atoms with Crippen LogP contribution in [0.3, 0.4) is 0 Å². The van der Waals surface area contributed by atoms with Gasteiger partial charge in [0.1, 0.15) is 0 Å². The second kappa shape index (κ2) is 3.01. The quantitative estimate of drug-likeness (QED) is 0.695. The van der Waals surface area contributed by atoms with Crippen LogP contribution in [-0.2, 0) is 6.54 Å². The van der Waals surface area contributed by atoms with E-state index >= 15 is 0 Å². The molecule has 3 nitrogen and oxygen atoms in total. The minimum absolute atomic E-state index is 0.117. The molecule has 1 aliphatic carbocycles. The molecule has 0 aromatic carbocycles. The van der Waals surface area contributed by atoms with Crippen LogP contribution in [0.1, 0.15) is 18.9 Å². The number of aryl methyl sites for hydroxylation is 1. The molecule has 0 saturated heterocycles. The van der Waals surface area contributed by atoms with Crippen molar-refractivity contribution in [2.24, 2.45) is 0 Å². The van der Waals surface area contributed by atoms with E-state index in [-0.39, 0.29) is 5.69 Å². The van der Waals surface area contributed by atoms with Crippen LogP contribution >= 0.6 is 12.6 Å². The van der Waals surface area contributed by atoms with Gasteiger partial charge in [-0.25, -0.2) is 4.79 Å². The highest BCUT2D eigenvalue weighted by atomic mass is 32.1. The number of thiol groups is 1. The second-order valence-corrected chi connectivity index (χ2v) is 3.58. The minimum atomic E-state index is 0.117. The van der Waals surface area contributed by atoms with Gasteiger partial charge in [-0.3, -0.25) is 9.13 Å². The van der Waals surface area contributed by atoms with E-state index in [1.165, 1.54) is 0 Å². The molecule has 1 aromatic rings. The molecule has 66 valence electrons. The van der Waals surface area contributed by atoms with Crippen LogP contribution < -0.4 is 5.69 Å². The monoisotopic (exact) mass is 184 g/mol. The second-order valence-electron chi connectivity index (χ2n) is 3.14. The average molecular weight is 184 g/mol. The van der Waals surface area contributed by atoms with Gasteiger partial charge in [0, 0.05) is 30.7 Å². The summed E-state index contributed by atoms with van der Waals surface area (Å²) in [6, 6.07) is 0.485. The zero-order chi connectivity index (χ0) is 8.55. The SMILES string of the molecule is O=c1n(CCS)ccn1C1CC1. The molecule has 1 aliphatic rings. The average Bonchev–Trinajstić information content (AvgIpc) is 2.82. The van der Waals surface area contributed by atoms with Crippen LogP contribution in [0.25, 0.3) is 0 Å². The summed E-state index contributed by atoms with van der Waals surface area (Å²) in [6.45, 7) is 0.710. The van der Waals surface area contributed by atoms with Crippen molar-refractivity contribution in [1.82, 2.24) is 9.13 Å². The topological polar surface area (TPSA) is 26.9 Å². The fraction of sp³-hybridized carbons (Fsp3) is 0.625. The lowest BCUT2D eigenvalue weighted by molar-refractivity contribution is 0.648. The molecule has 1 saturated carbocycles. The maximum absolute atomic E-state index is 11.5. The predicted octanol–water partition coefficient (Wildman–Crippen LogP) is 0.914. The smallest absolute Gasteiger partial charge is 0.298 e. The van der Waals surface area contributed by atoms with E-state index in [0.29, 0.717) is 18.3 Å². The first-order valence-electron chi connectivity index (χ1n) is 4.21. The summed E-state index contributed by atoms with van der Waals surface area (Å²) < 4.78 is 3.54. The van der Waals surface area contributed by atoms with E-state index in [4.69, 9.17) is 0 Å². The Morgan fingerprint density at radius 1 is 1.50 bits per heavy atom. The van der Waals surface area contributed by atoms with Crippen molar-refractivity contribution in [1.29, 1.82) is 0 Å². The van der Waals surface area contributed by atoms with E-state index in [9.17, 15) is 4.79 Å². The molecule has 0 unspecified atom stereocenters. The van der Waals surface area contributed by atoms with Gasteiger partial charge >= 0.3 is 5.69 Å². The van der Waals surface area contributed by atoms with Crippen LogP contribution in [0.5, 0.6) is 0 Å². The molecule has 12 heavy (non-hydrogen) atoms. The Labute approximate surface area is 76.4 Å². The van der Waals surface area contributed by atoms with Crippen molar-refractivity contribution in [2.45, 2.75) is 25.4 Å². The lowest BCUT2D eigenvalue weighted by Gasteiger charge is -1.96. The zero-order valence-electron chi connectivity index (χ0n) is 6.81. The summed E-state index contributed by atoms with van der Waals surface area (Å²) in [6.07, 6.45) is 6.04. The summed E-state index contributed by atoms with van der Waals surface area (Å²) >= 11 is 4.09. The van der Waals surface area contributed by atoms with Gasteiger partial charge in [-0.15, -0.1) is 0 Å². The molecule has 1 fully saturated rings. The summed E-state index contributed by atoms with van der Waals surface area (Å²) in [5.41, 5.74) is 0.117. The van der Waals surface area contributed by atoms with Crippen LogP contribution in [0, 0.1) is 0 Å². The first-order valence-corrected chi connectivity index (χ1v) is 4.84. The molecule has 4 heteroatoms. The van der Waals surface area contributed by atoms with Gasteiger partial charge in [0.05, 0.1) is 0 Å². The molecule has 0 N–H and O–H groups in total. The van der Waals surface area contributed by atoms with E-state index in [2.05, 4.69) is 12.6 Å². The summed E-state index contributed by atoms with van der Waals surface area (Å²) in [4.78, 5) is 11.5. The van der Waals surface area contributed by atoms with Crippen LogP contribution in [-0.4, -0.2) is 14.9 Å². The zero-order valence-corrected chi connectivity index (χ0v) is 7.70. The summed E-state index contributed by atoms with van der Waals surface area (Å²) in [5, 5.41) is 0. The maximum atomic E-state index is 11.5. The van der Waals surface area contributed by atoms with Crippen molar-refractivity contribution in [3.63, 3.8) is 0 Å². The first kappa shape index (κ1) is 7.98. The first-order chi connectivity index (χ1) is 5.83. The van der Waals surface area contributed by atoms with Gasteiger partial charge in [0.2, 0.25) is 0 Å². The van der Waals surface area contributed by atoms with Crippen molar-refractivity contribution < 1.29 is 0 Å². The molecule has 1 aromatic heterocycles. The van der Waals surface area contributed by atoms with Gasteiger partial charge in [-0.1, -0.05) is 0 Å². The Morgan fingerprint density at radius 2 is 2.25 bits per heavy atom. The maximum Gasteiger partial charge on any atom is 0.328 e. The Balaban J connectivity index is 2.27. The third kappa shape index (κ3) is 1.31. The van der Waals surface area contributed by atoms with E-state index in [0.717, 1.165) is 12.8 Å². The van der Waals surface area contributed by atoms with Gasteiger partial charge in [0.25, 0.3) is 0 Å². The van der Waals surface area contributed by atoms with Crippen molar-refractivity contribution in [3.05, 3.63) is 22.9 Å². The number of hydrogen-bond donors (Lipinski definition) is 1. The van der Waals surface area contributed by atoms with Crippen LogP contribution in [0.15, 0.2) is 17.2 Å². The van der Waals surface area contributed by atoms with Gasteiger partial charge < -0.3 is 0 Å². The standard InChI is InChI=1S/C8H12N2OS/c11-8-9(5-6-12)3-4-10(8)7-1-2-7/h3-4,7,12H,1-2,5-6H2. The molecule has 0 spiro atoms. The minimum Gasteiger partial charge on any atom is -0.298 e. The molecule has 0 bridgehead atoms. The number of nitrogens with zero attached hydrogens (tertiary/aromatic N) is 2. The van der Waals surface area contributed by atoms with E-state index in [1.807, 2.05) is 17.0 Å². The van der Waals surface area contributed by atoms with Crippen molar-refractivity contribution >= 4 is 12.6 Å². The molecule has 0 radical (unpaired) electrons. The van der Waals surface area contributed by atoms with Crippen LogP contribution in [0.2, 0.25) is 0 Å². The number of imidazole rings is 1. The normalized spacial score (nSPS) is 16.8. The molecule has 0 aliphatic heterocycles. The van der Waals surface area contributed by atoms with Gasteiger partial charge in [-0.05, 0) is 12.8 Å². The third-order valence-corrected chi connectivity index (χ3v) is 2.35. The lowest BCUT2D eigenvalue weighted by Crippen LogP contribution is -2.23. The van der Waals surface area contributed by atoms with Crippen molar-refractivity contribution in [3.8, 4) is 0 Å². The Bertz CT molecular complexity index is 324. The highest BCUT2D eigenvalue weighted by molar-refractivity contribution is 7.80. The molecule has 1 heterocycles. The summed E-state index contributed by atoms with van der Waals surface area (Å²) in [5.74, 6) is 0.717. The largest absolute Gasteiger partial charge is 0.328 e. The number of rotatable bonds is 3. The molecular formula is C8H12N2OS. The lowest BCUT2D eigenvalue weighted by atomic mass is 10.7. The van der Waals surface area contributed by atoms with Gasteiger partial charge in [0.15, 0.2) is 0 Å². The number of aromatic nitrogens is 2. The molecule has 0 amide bonds. The third-order valence-electron chi connectivity index (χ3n) is 2.15. The Hall–Kier alpha value is -0.640.